The maximum atomic E-state index is 9.26. The number of hydrogen-bond acceptors (Lipinski definition) is 4. The molecule has 0 amide bonds. The summed E-state index contributed by atoms with van der Waals surface area (Å²) < 4.78 is 1.73. The number of aliphatic hydroxyl groups excluding tert-OH is 2. The van der Waals surface area contributed by atoms with Crippen LogP contribution in [-0.2, 0) is 19.6 Å². The average molecular weight is 253 g/mol. The van der Waals surface area contributed by atoms with Crippen LogP contribution in [0.1, 0.15) is 49.9 Å². The molecule has 18 heavy (non-hydrogen) atoms. The molecule has 1 saturated carbocycles. The maximum Gasteiger partial charge on any atom is 0.111 e. The molecule has 0 aromatic carbocycles. The summed E-state index contributed by atoms with van der Waals surface area (Å²) in [5, 5.41) is 26.2. The molecule has 5 heteroatoms. The summed E-state index contributed by atoms with van der Waals surface area (Å²) in [5.74, 6) is 0.808. The van der Waals surface area contributed by atoms with E-state index in [0.29, 0.717) is 12.2 Å². The van der Waals surface area contributed by atoms with Crippen LogP contribution in [0.25, 0.3) is 0 Å². The van der Waals surface area contributed by atoms with Crippen molar-refractivity contribution in [1.82, 2.24) is 15.0 Å². The first-order valence-corrected chi connectivity index (χ1v) is 6.98. The van der Waals surface area contributed by atoms with Crippen LogP contribution >= 0.6 is 0 Å². The van der Waals surface area contributed by atoms with E-state index in [1.54, 1.807) is 4.68 Å². The van der Waals surface area contributed by atoms with E-state index < -0.39 is 0 Å². The molecule has 0 radical (unpaired) electrons. The topological polar surface area (TPSA) is 71.2 Å². The highest BCUT2D eigenvalue weighted by Crippen LogP contribution is 2.27. The first-order chi connectivity index (χ1) is 8.85. The van der Waals surface area contributed by atoms with Gasteiger partial charge in [0.25, 0.3) is 0 Å². The summed E-state index contributed by atoms with van der Waals surface area (Å²) in [6, 6.07) is 0. The second-order valence-electron chi connectivity index (χ2n) is 5.13. The largest absolute Gasteiger partial charge is 0.394 e. The Morgan fingerprint density at radius 2 is 1.94 bits per heavy atom. The molecule has 5 nitrogen and oxygen atoms in total. The van der Waals surface area contributed by atoms with Crippen LogP contribution in [0.5, 0.6) is 0 Å². The highest BCUT2D eigenvalue weighted by Gasteiger charge is 2.17. The lowest BCUT2D eigenvalue weighted by Crippen LogP contribution is -2.12. The SMILES string of the molecule is OCCn1nnc(CO)c1CCC1CCCCC1. The average Bonchev–Trinajstić information content (AvgIpc) is 2.80. The van der Waals surface area contributed by atoms with Gasteiger partial charge in [-0.2, -0.15) is 0 Å². The monoisotopic (exact) mass is 253 g/mol. The van der Waals surface area contributed by atoms with Crippen molar-refractivity contribution in [3.63, 3.8) is 0 Å². The van der Waals surface area contributed by atoms with Gasteiger partial charge in [0.1, 0.15) is 5.69 Å². The second-order valence-corrected chi connectivity index (χ2v) is 5.13. The molecule has 1 aromatic heterocycles. The molecule has 1 aliphatic carbocycles. The normalized spacial score (nSPS) is 17.2. The molecule has 1 aromatic rings. The molecule has 0 spiro atoms. The Morgan fingerprint density at radius 3 is 2.61 bits per heavy atom. The van der Waals surface area contributed by atoms with Crippen LogP contribution in [-0.4, -0.2) is 31.8 Å². The summed E-state index contributed by atoms with van der Waals surface area (Å²) in [4.78, 5) is 0. The first-order valence-electron chi connectivity index (χ1n) is 6.98. The van der Waals surface area contributed by atoms with E-state index >= 15 is 0 Å². The van der Waals surface area contributed by atoms with Crippen molar-refractivity contribution in [1.29, 1.82) is 0 Å². The van der Waals surface area contributed by atoms with Gasteiger partial charge >= 0.3 is 0 Å². The highest BCUT2D eigenvalue weighted by atomic mass is 16.3. The lowest BCUT2D eigenvalue weighted by atomic mass is 9.85. The van der Waals surface area contributed by atoms with Crippen molar-refractivity contribution >= 4 is 0 Å². The van der Waals surface area contributed by atoms with E-state index in [1.165, 1.54) is 32.1 Å². The number of nitrogens with zero attached hydrogens (tertiary/aromatic N) is 3. The standard InChI is InChI=1S/C13H23N3O2/c17-9-8-16-13(12(10-18)14-15-16)7-6-11-4-2-1-3-5-11/h11,17-18H,1-10H2. The Balaban J connectivity index is 1.95. The Labute approximate surface area is 108 Å². The number of hydrogen-bond donors (Lipinski definition) is 2. The fraction of sp³-hybridized carbons (Fsp3) is 0.846. The third-order valence-electron chi connectivity index (χ3n) is 3.89. The molecule has 1 fully saturated rings. The first kappa shape index (κ1) is 13.5. The number of aromatic nitrogens is 3. The van der Waals surface area contributed by atoms with Gasteiger partial charge in [0.15, 0.2) is 0 Å². The lowest BCUT2D eigenvalue weighted by molar-refractivity contribution is 0.263. The van der Waals surface area contributed by atoms with Gasteiger partial charge in [-0.25, -0.2) is 4.68 Å². The Kier molecular flexibility index (Phi) is 5.13. The summed E-state index contributed by atoms with van der Waals surface area (Å²) >= 11 is 0. The van der Waals surface area contributed by atoms with Crippen molar-refractivity contribution in [2.24, 2.45) is 5.92 Å². The van der Waals surface area contributed by atoms with Gasteiger partial charge in [-0.15, -0.1) is 5.10 Å². The van der Waals surface area contributed by atoms with Gasteiger partial charge < -0.3 is 10.2 Å². The Morgan fingerprint density at radius 1 is 1.17 bits per heavy atom. The van der Waals surface area contributed by atoms with E-state index in [4.69, 9.17) is 5.11 Å². The number of aliphatic hydroxyl groups is 2. The number of rotatable bonds is 6. The molecule has 102 valence electrons. The Hall–Kier alpha value is -0.940. The van der Waals surface area contributed by atoms with Gasteiger partial charge in [-0.05, 0) is 18.8 Å². The zero-order valence-corrected chi connectivity index (χ0v) is 10.9. The molecule has 1 heterocycles. The fourth-order valence-electron chi connectivity index (χ4n) is 2.86. The van der Waals surface area contributed by atoms with Crippen LogP contribution < -0.4 is 0 Å². The van der Waals surface area contributed by atoms with E-state index in [2.05, 4.69) is 10.3 Å². The van der Waals surface area contributed by atoms with Crippen LogP contribution in [0.2, 0.25) is 0 Å². The lowest BCUT2D eigenvalue weighted by Gasteiger charge is -2.21. The van der Waals surface area contributed by atoms with Crippen molar-refractivity contribution in [2.45, 2.75) is 58.1 Å². The highest BCUT2D eigenvalue weighted by molar-refractivity contribution is 5.09. The summed E-state index contributed by atoms with van der Waals surface area (Å²) in [6.07, 6.45) is 8.80. The van der Waals surface area contributed by atoms with E-state index in [-0.39, 0.29) is 13.2 Å². The maximum absolute atomic E-state index is 9.26. The summed E-state index contributed by atoms with van der Waals surface area (Å²) in [7, 11) is 0. The van der Waals surface area contributed by atoms with E-state index in [1.807, 2.05) is 0 Å². The molecule has 2 rings (SSSR count). The van der Waals surface area contributed by atoms with Crippen LogP contribution in [0, 0.1) is 5.92 Å². The van der Waals surface area contributed by atoms with Gasteiger partial charge in [0, 0.05) is 0 Å². The molecule has 1 aliphatic rings. The predicted octanol–water partition coefficient (Wildman–Crippen LogP) is 1.28. The van der Waals surface area contributed by atoms with Crippen molar-refractivity contribution < 1.29 is 10.2 Å². The predicted molar refractivity (Wildman–Crippen MR) is 67.9 cm³/mol. The minimum Gasteiger partial charge on any atom is -0.394 e. The van der Waals surface area contributed by atoms with Crippen molar-refractivity contribution in [3.05, 3.63) is 11.4 Å². The molecular weight excluding hydrogens is 230 g/mol. The molecule has 0 unspecified atom stereocenters. The third kappa shape index (κ3) is 3.29. The molecule has 0 bridgehead atoms. The minimum absolute atomic E-state index is 0.0602. The van der Waals surface area contributed by atoms with Gasteiger partial charge in [-0.1, -0.05) is 37.3 Å². The molecule has 0 atom stereocenters. The molecular formula is C13H23N3O2. The van der Waals surface area contributed by atoms with Crippen LogP contribution in [0.3, 0.4) is 0 Å². The van der Waals surface area contributed by atoms with Crippen LogP contribution in [0.4, 0.5) is 0 Å². The Bertz CT molecular complexity index is 359. The minimum atomic E-state index is -0.0641. The smallest absolute Gasteiger partial charge is 0.111 e. The van der Waals surface area contributed by atoms with Gasteiger partial charge in [-0.3, -0.25) is 0 Å². The molecule has 0 saturated heterocycles. The van der Waals surface area contributed by atoms with Gasteiger partial charge in [0.05, 0.1) is 25.5 Å². The van der Waals surface area contributed by atoms with Crippen LogP contribution in [0.15, 0.2) is 0 Å². The fourth-order valence-corrected chi connectivity index (χ4v) is 2.86. The quantitative estimate of drug-likeness (QED) is 0.801. The summed E-state index contributed by atoms with van der Waals surface area (Å²) in [5.41, 5.74) is 1.66. The summed E-state index contributed by atoms with van der Waals surface area (Å²) in [6.45, 7) is 0.461. The molecule has 2 N–H and O–H groups in total. The zero-order valence-electron chi connectivity index (χ0n) is 10.9. The van der Waals surface area contributed by atoms with E-state index in [0.717, 1.165) is 24.5 Å². The second kappa shape index (κ2) is 6.85. The van der Waals surface area contributed by atoms with Crippen molar-refractivity contribution in [3.8, 4) is 0 Å². The zero-order chi connectivity index (χ0) is 12.8. The van der Waals surface area contributed by atoms with Crippen molar-refractivity contribution in [2.75, 3.05) is 6.61 Å². The van der Waals surface area contributed by atoms with E-state index in [9.17, 15) is 5.11 Å². The third-order valence-corrected chi connectivity index (χ3v) is 3.89. The van der Waals surface area contributed by atoms with Gasteiger partial charge in [0.2, 0.25) is 0 Å². The molecule has 0 aliphatic heterocycles.